The topological polar surface area (TPSA) is 40.6 Å². The molecule has 5 rings (SSSR count). The maximum Gasteiger partial charge on any atom is 0.269 e. The summed E-state index contributed by atoms with van der Waals surface area (Å²) in [6.07, 6.45) is 0. The summed E-state index contributed by atoms with van der Waals surface area (Å²) in [6.45, 7) is 0.243. The molecule has 3 aromatic rings. The Hall–Kier alpha value is -3.12. The SMILES string of the molecule is O=C1CS[C@]2(C(=O)N(Cc3cccc(F)c3)c3ccccc32)N1c1ccccc1. The van der Waals surface area contributed by atoms with E-state index in [1.165, 1.54) is 23.9 Å². The van der Waals surface area contributed by atoms with Gasteiger partial charge in [-0.25, -0.2) is 4.39 Å². The minimum Gasteiger partial charge on any atom is -0.304 e. The van der Waals surface area contributed by atoms with Crippen LogP contribution >= 0.6 is 11.8 Å². The fourth-order valence-electron chi connectivity index (χ4n) is 4.11. The van der Waals surface area contributed by atoms with Crippen LogP contribution in [-0.2, 0) is 21.0 Å². The van der Waals surface area contributed by atoms with Crippen molar-refractivity contribution in [2.24, 2.45) is 0 Å². The standard InChI is InChI=1S/C23H17FN2O2S/c24-17-8-6-7-16(13-17)14-25-20-12-5-4-11-19(20)23(22(25)28)26(21(27)15-29-23)18-9-2-1-3-10-18/h1-13H,14-15H2/t23-/m1/s1. The van der Waals surface area contributed by atoms with E-state index in [4.69, 9.17) is 0 Å². The maximum absolute atomic E-state index is 13.8. The summed E-state index contributed by atoms with van der Waals surface area (Å²) in [5.74, 6) is -0.393. The first-order chi connectivity index (χ1) is 14.1. The third-order valence-electron chi connectivity index (χ3n) is 5.31. The van der Waals surface area contributed by atoms with Crippen LogP contribution in [0.4, 0.5) is 15.8 Å². The van der Waals surface area contributed by atoms with Crippen molar-refractivity contribution in [2.45, 2.75) is 11.4 Å². The normalized spacial score (nSPS) is 20.6. The van der Waals surface area contributed by atoms with Gasteiger partial charge in [0.05, 0.1) is 18.0 Å². The summed E-state index contributed by atoms with van der Waals surface area (Å²) in [5, 5.41) is 0. The van der Waals surface area contributed by atoms with E-state index in [0.717, 1.165) is 11.3 Å². The molecule has 4 nitrogen and oxygen atoms in total. The number of nitrogens with zero attached hydrogens (tertiary/aromatic N) is 2. The molecule has 0 saturated carbocycles. The van der Waals surface area contributed by atoms with E-state index in [2.05, 4.69) is 0 Å². The Morgan fingerprint density at radius 1 is 0.931 bits per heavy atom. The minimum atomic E-state index is -1.14. The van der Waals surface area contributed by atoms with Crippen LogP contribution < -0.4 is 9.80 Å². The number of carbonyl (C=O) groups excluding carboxylic acids is 2. The van der Waals surface area contributed by atoms with E-state index < -0.39 is 4.87 Å². The van der Waals surface area contributed by atoms with Crippen LogP contribution in [0.25, 0.3) is 0 Å². The van der Waals surface area contributed by atoms with Crippen molar-refractivity contribution in [3.63, 3.8) is 0 Å². The van der Waals surface area contributed by atoms with Gasteiger partial charge in [0.1, 0.15) is 5.82 Å². The lowest BCUT2D eigenvalue weighted by Gasteiger charge is -2.33. The zero-order valence-electron chi connectivity index (χ0n) is 15.4. The number of para-hydroxylation sites is 2. The zero-order valence-corrected chi connectivity index (χ0v) is 16.2. The van der Waals surface area contributed by atoms with Gasteiger partial charge in [0, 0.05) is 11.3 Å². The van der Waals surface area contributed by atoms with Crippen molar-refractivity contribution in [3.8, 4) is 0 Å². The van der Waals surface area contributed by atoms with Crippen LogP contribution in [0.2, 0.25) is 0 Å². The number of hydrogen-bond donors (Lipinski definition) is 0. The molecule has 2 aliphatic rings. The van der Waals surface area contributed by atoms with Crippen LogP contribution in [-0.4, -0.2) is 17.6 Å². The molecule has 0 radical (unpaired) electrons. The zero-order chi connectivity index (χ0) is 20.0. The molecular weight excluding hydrogens is 387 g/mol. The quantitative estimate of drug-likeness (QED) is 0.653. The number of anilines is 2. The van der Waals surface area contributed by atoms with Gasteiger partial charge in [-0.3, -0.25) is 14.5 Å². The molecule has 1 atom stereocenters. The molecule has 1 spiro atoms. The number of rotatable bonds is 3. The lowest BCUT2D eigenvalue weighted by Crippen LogP contribution is -2.49. The molecule has 1 fully saturated rings. The summed E-state index contributed by atoms with van der Waals surface area (Å²) in [7, 11) is 0. The van der Waals surface area contributed by atoms with E-state index in [1.54, 1.807) is 21.9 Å². The van der Waals surface area contributed by atoms with Gasteiger partial charge in [-0.15, -0.1) is 11.8 Å². The highest BCUT2D eigenvalue weighted by atomic mass is 32.2. The summed E-state index contributed by atoms with van der Waals surface area (Å²) in [6, 6.07) is 23.1. The molecule has 2 heterocycles. The molecule has 2 aliphatic heterocycles. The van der Waals surface area contributed by atoms with Gasteiger partial charge in [0.2, 0.25) is 10.8 Å². The summed E-state index contributed by atoms with van der Waals surface area (Å²) < 4.78 is 13.7. The predicted octanol–water partition coefficient (Wildman–Crippen LogP) is 4.31. The van der Waals surface area contributed by atoms with Gasteiger partial charge in [-0.1, -0.05) is 48.5 Å². The summed E-state index contributed by atoms with van der Waals surface area (Å²) in [4.78, 5) is 28.8. The molecule has 1 saturated heterocycles. The molecule has 3 aromatic carbocycles. The molecule has 29 heavy (non-hydrogen) atoms. The minimum absolute atomic E-state index is 0.100. The summed E-state index contributed by atoms with van der Waals surface area (Å²) >= 11 is 1.34. The average molecular weight is 404 g/mol. The van der Waals surface area contributed by atoms with Crippen molar-refractivity contribution in [1.82, 2.24) is 0 Å². The Morgan fingerprint density at radius 2 is 1.69 bits per heavy atom. The largest absolute Gasteiger partial charge is 0.304 e. The molecule has 0 aliphatic carbocycles. The van der Waals surface area contributed by atoms with Crippen molar-refractivity contribution in [1.29, 1.82) is 0 Å². The first-order valence-corrected chi connectivity index (χ1v) is 10.3. The van der Waals surface area contributed by atoms with Crippen LogP contribution in [0.15, 0.2) is 78.9 Å². The van der Waals surface area contributed by atoms with Crippen LogP contribution in [0, 0.1) is 5.82 Å². The smallest absolute Gasteiger partial charge is 0.269 e. The number of halogens is 1. The Morgan fingerprint density at radius 3 is 2.48 bits per heavy atom. The molecule has 2 amide bonds. The molecule has 0 bridgehead atoms. The van der Waals surface area contributed by atoms with E-state index >= 15 is 0 Å². The van der Waals surface area contributed by atoms with Gasteiger partial charge in [0.15, 0.2) is 0 Å². The number of fused-ring (bicyclic) bond motifs is 2. The number of benzene rings is 3. The van der Waals surface area contributed by atoms with Crippen molar-refractivity contribution >= 4 is 35.0 Å². The predicted molar refractivity (Wildman–Crippen MR) is 112 cm³/mol. The molecule has 0 unspecified atom stereocenters. The Labute approximate surface area is 171 Å². The molecule has 0 aromatic heterocycles. The lowest BCUT2D eigenvalue weighted by molar-refractivity contribution is -0.123. The second-order valence-corrected chi connectivity index (χ2v) is 8.20. The van der Waals surface area contributed by atoms with Gasteiger partial charge in [-0.2, -0.15) is 0 Å². The van der Waals surface area contributed by atoms with Crippen molar-refractivity contribution < 1.29 is 14.0 Å². The van der Waals surface area contributed by atoms with E-state index in [0.29, 0.717) is 11.3 Å². The summed E-state index contributed by atoms with van der Waals surface area (Å²) in [5.41, 5.74) is 2.94. The number of hydrogen-bond acceptors (Lipinski definition) is 3. The van der Waals surface area contributed by atoms with E-state index in [-0.39, 0.29) is 29.9 Å². The van der Waals surface area contributed by atoms with E-state index in [9.17, 15) is 14.0 Å². The first kappa shape index (κ1) is 17.9. The van der Waals surface area contributed by atoms with Crippen LogP contribution in [0.3, 0.4) is 0 Å². The van der Waals surface area contributed by atoms with Crippen molar-refractivity contribution in [2.75, 3.05) is 15.6 Å². The van der Waals surface area contributed by atoms with Gasteiger partial charge < -0.3 is 4.90 Å². The fraction of sp³-hybridized carbons (Fsp3) is 0.130. The monoisotopic (exact) mass is 404 g/mol. The molecule has 0 N–H and O–H groups in total. The Balaban J connectivity index is 1.64. The Bertz CT molecular complexity index is 1120. The van der Waals surface area contributed by atoms with Gasteiger partial charge in [-0.05, 0) is 35.9 Å². The average Bonchev–Trinajstić information content (AvgIpc) is 3.20. The van der Waals surface area contributed by atoms with Crippen LogP contribution in [0.5, 0.6) is 0 Å². The van der Waals surface area contributed by atoms with Gasteiger partial charge in [0.25, 0.3) is 5.91 Å². The number of carbonyl (C=O) groups is 2. The molecular formula is C23H17FN2O2S. The van der Waals surface area contributed by atoms with Crippen molar-refractivity contribution in [3.05, 3.63) is 95.8 Å². The second kappa shape index (κ2) is 6.74. The maximum atomic E-state index is 13.8. The third-order valence-corrected chi connectivity index (χ3v) is 6.69. The highest BCUT2D eigenvalue weighted by Crippen LogP contribution is 2.55. The van der Waals surface area contributed by atoms with Gasteiger partial charge >= 0.3 is 0 Å². The molecule has 6 heteroatoms. The highest BCUT2D eigenvalue weighted by Gasteiger charge is 2.60. The second-order valence-electron chi connectivity index (χ2n) is 7.04. The van der Waals surface area contributed by atoms with E-state index in [1.807, 2.05) is 54.6 Å². The fourth-order valence-corrected chi connectivity index (χ4v) is 5.47. The third kappa shape index (κ3) is 2.67. The first-order valence-electron chi connectivity index (χ1n) is 9.29. The highest BCUT2D eigenvalue weighted by molar-refractivity contribution is 8.02. The number of amides is 2. The number of thioether (sulfide) groups is 1. The lowest BCUT2D eigenvalue weighted by atomic mass is 10.0. The van der Waals surface area contributed by atoms with Crippen LogP contribution in [0.1, 0.15) is 11.1 Å². The molecule has 144 valence electrons. The Kier molecular flexibility index (Phi) is 4.17.